The second-order valence-corrected chi connectivity index (χ2v) is 15.3. The highest BCUT2D eigenvalue weighted by Gasteiger charge is 2.62. The maximum Gasteiger partial charge on any atom is 0.137 e. The summed E-state index contributed by atoms with van der Waals surface area (Å²) in [5.74, 6) is 3.64. The number of hydrogen-bond acceptors (Lipinski definition) is 2. The van der Waals surface area contributed by atoms with Gasteiger partial charge in [0, 0.05) is 39.5 Å². The Balaban J connectivity index is 1.15. The summed E-state index contributed by atoms with van der Waals surface area (Å²) in [6.07, 6.45) is 17.0. The molecule has 4 saturated carbocycles. The third kappa shape index (κ3) is 3.69. The van der Waals surface area contributed by atoms with Gasteiger partial charge in [0.2, 0.25) is 0 Å². The van der Waals surface area contributed by atoms with Gasteiger partial charge in [-0.25, -0.2) is 0 Å². The van der Waals surface area contributed by atoms with Crippen LogP contribution in [0.2, 0.25) is 0 Å². The Kier molecular flexibility index (Phi) is 5.71. The van der Waals surface area contributed by atoms with Crippen LogP contribution < -0.4 is 4.90 Å². The fourth-order valence-electron chi connectivity index (χ4n) is 11.4. The lowest BCUT2D eigenvalue weighted by Gasteiger charge is -2.61. The molecule has 6 aliphatic rings. The van der Waals surface area contributed by atoms with Crippen molar-refractivity contribution < 1.29 is 4.42 Å². The molecule has 6 aromatic rings. The molecule has 0 radical (unpaired) electrons. The number of hydrogen-bond donors (Lipinski definition) is 0. The highest BCUT2D eigenvalue weighted by molar-refractivity contribution is 6.06. The monoisotopic (exact) mass is 621 g/mol. The Morgan fingerprint density at radius 3 is 2.15 bits per heavy atom. The zero-order chi connectivity index (χ0) is 31.4. The minimum atomic E-state index is 0.0663. The Labute approximate surface area is 282 Å². The quantitative estimate of drug-likeness (QED) is 0.195. The van der Waals surface area contributed by atoms with Crippen molar-refractivity contribution in [3.63, 3.8) is 0 Å². The van der Waals surface area contributed by atoms with E-state index in [0.29, 0.717) is 17.8 Å². The van der Waals surface area contributed by atoms with Gasteiger partial charge in [0.1, 0.15) is 11.2 Å². The van der Waals surface area contributed by atoms with Crippen LogP contribution in [0.15, 0.2) is 138 Å². The van der Waals surface area contributed by atoms with Crippen molar-refractivity contribution in [3.05, 3.63) is 150 Å². The molecule has 0 saturated heterocycles. The number of para-hydroxylation sites is 1. The van der Waals surface area contributed by atoms with E-state index in [9.17, 15) is 0 Å². The van der Waals surface area contributed by atoms with E-state index in [4.69, 9.17) is 4.42 Å². The molecule has 2 heteroatoms. The number of fused-ring (bicyclic) bond motifs is 6. The summed E-state index contributed by atoms with van der Waals surface area (Å²) in [7, 11) is 0. The average Bonchev–Trinajstić information content (AvgIpc) is 3.65. The summed E-state index contributed by atoms with van der Waals surface area (Å²) in [6.45, 7) is 0. The van der Waals surface area contributed by atoms with Crippen molar-refractivity contribution in [2.45, 2.75) is 49.9 Å². The minimum absolute atomic E-state index is 0.0663. The zero-order valence-corrected chi connectivity index (χ0v) is 27.2. The SMILES string of the molecule is C1=CCC(c2ccc(N(c3ccc4c(c3)oc3ccccc34)c3cccc4c3C3(c5ccccc5-4)C4CC5CC(C4)CC3C5)cc2)C=C1. The van der Waals surface area contributed by atoms with Crippen LogP contribution in [0.3, 0.4) is 0 Å². The third-order valence-electron chi connectivity index (χ3n) is 13.0. The van der Waals surface area contributed by atoms with Gasteiger partial charge in [-0.05, 0) is 126 Å². The number of furan rings is 1. The third-order valence-corrected chi connectivity index (χ3v) is 13.0. The van der Waals surface area contributed by atoms with E-state index in [1.54, 1.807) is 11.1 Å². The van der Waals surface area contributed by atoms with Crippen LogP contribution in [-0.4, -0.2) is 0 Å². The average molecular weight is 622 g/mol. The molecule has 1 atom stereocenters. The van der Waals surface area contributed by atoms with Crippen LogP contribution in [0.4, 0.5) is 17.1 Å². The van der Waals surface area contributed by atoms with Gasteiger partial charge in [0.05, 0.1) is 5.69 Å². The molecule has 1 aromatic heterocycles. The molecule has 1 heterocycles. The van der Waals surface area contributed by atoms with Crippen molar-refractivity contribution in [1.82, 2.24) is 0 Å². The summed E-state index contributed by atoms with van der Waals surface area (Å²) in [6, 6.07) is 41.3. The maximum absolute atomic E-state index is 6.50. The summed E-state index contributed by atoms with van der Waals surface area (Å²) in [4.78, 5) is 2.56. The molecule has 234 valence electrons. The first kappa shape index (κ1) is 27.2. The van der Waals surface area contributed by atoms with Crippen molar-refractivity contribution in [2.75, 3.05) is 4.90 Å². The number of allylic oxidation sites excluding steroid dienone is 4. The van der Waals surface area contributed by atoms with Crippen LogP contribution in [0.5, 0.6) is 0 Å². The Hall–Kier alpha value is -4.82. The van der Waals surface area contributed by atoms with E-state index in [1.165, 1.54) is 70.9 Å². The topological polar surface area (TPSA) is 16.4 Å². The van der Waals surface area contributed by atoms with Gasteiger partial charge in [-0.2, -0.15) is 0 Å². The maximum atomic E-state index is 6.50. The van der Waals surface area contributed by atoms with Crippen LogP contribution >= 0.6 is 0 Å². The molecule has 4 bridgehead atoms. The smallest absolute Gasteiger partial charge is 0.137 e. The molecule has 1 unspecified atom stereocenters. The van der Waals surface area contributed by atoms with Gasteiger partial charge in [0.15, 0.2) is 0 Å². The van der Waals surface area contributed by atoms with Crippen molar-refractivity contribution in [2.24, 2.45) is 23.7 Å². The predicted molar refractivity (Wildman–Crippen MR) is 197 cm³/mol. The van der Waals surface area contributed by atoms with Crippen molar-refractivity contribution in [3.8, 4) is 11.1 Å². The van der Waals surface area contributed by atoms with E-state index in [-0.39, 0.29) is 5.41 Å². The first-order valence-corrected chi connectivity index (χ1v) is 18.1. The molecule has 0 amide bonds. The molecule has 0 N–H and O–H groups in total. The summed E-state index contributed by atoms with van der Waals surface area (Å²) in [5.41, 5.74) is 13.1. The second kappa shape index (κ2) is 10.1. The summed E-state index contributed by atoms with van der Waals surface area (Å²) < 4.78 is 6.50. The van der Waals surface area contributed by atoms with Gasteiger partial charge in [-0.15, -0.1) is 0 Å². The summed E-state index contributed by atoms with van der Waals surface area (Å²) in [5, 5.41) is 2.35. The zero-order valence-electron chi connectivity index (χ0n) is 27.2. The molecular formula is C46H39NO. The summed E-state index contributed by atoms with van der Waals surface area (Å²) >= 11 is 0. The van der Waals surface area contributed by atoms with Gasteiger partial charge in [0.25, 0.3) is 0 Å². The molecule has 2 nitrogen and oxygen atoms in total. The number of nitrogens with zero attached hydrogens (tertiary/aromatic N) is 1. The largest absolute Gasteiger partial charge is 0.456 e. The van der Waals surface area contributed by atoms with E-state index in [0.717, 1.165) is 35.1 Å². The standard InChI is InChI=1S/C46H39NO/c1-2-9-31(10-3-1)32-17-19-35(20-18-32)47(36-21-22-39-38-12-5-7-16-43(38)48-44(39)28-36)42-15-8-13-40-37-11-4-6-14-41(37)46(45(40)42)33-24-29-23-30(26-33)27-34(46)25-29/h1-9,11-22,28-31,33-34H,10,23-27H2. The number of benzene rings is 5. The lowest BCUT2D eigenvalue weighted by atomic mass is 9.43. The van der Waals surface area contributed by atoms with E-state index in [2.05, 4.69) is 138 Å². The van der Waals surface area contributed by atoms with Crippen LogP contribution in [-0.2, 0) is 5.41 Å². The van der Waals surface area contributed by atoms with Gasteiger partial charge >= 0.3 is 0 Å². The molecule has 48 heavy (non-hydrogen) atoms. The molecule has 0 aliphatic heterocycles. The van der Waals surface area contributed by atoms with Gasteiger partial charge in [-0.3, -0.25) is 0 Å². The van der Waals surface area contributed by atoms with Gasteiger partial charge < -0.3 is 9.32 Å². The van der Waals surface area contributed by atoms with Gasteiger partial charge in [-0.1, -0.05) is 91.0 Å². The van der Waals surface area contributed by atoms with E-state index in [1.807, 2.05) is 0 Å². The number of rotatable bonds is 4. The normalized spacial score (nSPS) is 27.6. The minimum Gasteiger partial charge on any atom is -0.456 e. The van der Waals surface area contributed by atoms with Crippen LogP contribution in [0, 0.1) is 23.7 Å². The van der Waals surface area contributed by atoms with Crippen LogP contribution in [0.25, 0.3) is 33.1 Å². The molecule has 6 aliphatic carbocycles. The van der Waals surface area contributed by atoms with Crippen molar-refractivity contribution in [1.29, 1.82) is 0 Å². The van der Waals surface area contributed by atoms with Crippen molar-refractivity contribution >= 4 is 39.0 Å². The molecule has 1 spiro atoms. The highest BCUT2D eigenvalue weighted by Crippen LogP contribution is 2.71. The molecule has 5 aromatic carbocycles. The fraction of sp³-hybridized carbons (Fsp3) is 0.261. The number of anilines is 3. The Morgan fingerprint density at radius 2 is 1.33 bits per heavy atom. The van der Waals surface area contributed by atoms with Crippen LogP contribution in [0.1, 0.15) is 61.1 Å². The first-order chi connectivity index (χ1) is 23.8. The first-order valence-electron chi connectivity index (χ1n) is 18.1. The molecule has 12 rings (SSSR count). The van der Waals surface area contributed by atoms with E-state index >= 15 is 0 Å². The molecule has 4 fully saturated rings. The lowest BCUT2D eigenvalue weighted by Crippen LogP contribution is -2.55. The fourth-order valence-corrected chi connectivity index (χ4v) is 11.4. The van der Waals surface area contributed by atoms with E-state index < -0.39 is 0 Å². The predicted octanol–water partition coefficient (Wildman–Crippen LogP) is 12.4. The second-order valence-electron chi connectivity index (χ2n) is 15.3. The molecular weight excluding hydrogens is 583 g/mol. The lowest BCUT2D eigenvalue weighted by molar-refractivity contribution is -0.0397. The highest BCUT2D eigenvalue weighted by atomic mass is 16.3. The Morgan fingerprint density at radius 1 is 0.604 bits per heavy atom. The Bertz CT molecular complexity index is 2270.